The molecule has 0 amide bonds. The van der Waals surface area contributed by atoms with Crippen molar-refractivity contribution in [2.45, 2.75) is 5.92 Å². The molecule has 0 saturated carbocycles. The first-order valence-electron chi connectivity index (χ1n) is 7.54. The van der Waals surface area contributed by atoms with Crippen LogP contribution < -0.4 is 15.4 Å². The molecule has 0 aromatic heterocycles. The molecular formula is C19H15FN4O. The fourth-order valence-electron chi connectivity index (χ4n) is 2.87. The molecule has 1 unspecified atom stereocenters. The summed E-state index contributed by atoms with van der Waals surface area (Å²) < 4.78 is 19.3. The van der Waals surface area contributed by atoms with Crippen LogP contribution in [-0.4, -0.2) is 14.1 Å². The van der Waals surface area contributed by atoms with Gasteiger partial charge in [-0.2, -0.15) is 10.5 Å². The van der Waals surface area contributed by atoms with E-state index >= 15 is 0 Å². The number of nitrogens with two attached hydrogens (primary N) is 1. The van der Waals surface area contributed by atoms with Crippen LogP contribution in [0.3, 0.4) is 0 Å². The van der Waals surface area contributed by atoms with E-state index in [2.05, 4.69) is 6.07 Å². The Morgan fingerprint density at radius 3 is 2.52 bits per heavy atom. The molecule has 2 aromatic rings. The normalized spacial score (nSPS) is 15.6. The van der Waals surface area contributed by atoms with Crippen molar-refractivity contribution in [3.63, 3.8) is 0 Å². The summed E-state index contributed by atoms with van der Waals surface area (Å²) in [5, 5.41) is 18.6. The van der Waals surface area contributed by atoms with Crippen LogP contribution in [0.5, 0.6) is 5.75 Å². The van der Waals surface area contributed by atoms with Crippen LogP contribution in [0.15, 0.2) is 47.9 Å². The van der Waals surface area contributed by atoms with Crippen molar-refractivity contribution in [3.05, 3.63) is 70.4 Å². The first-order chi connectivity index (χ1) is 12.0. The van der Waals surface area contributed by atoms with Crippen LogP contribution >= 0.6 is 0 Å². The Bertz CT molecular complexity index is 966. The standard InChI is InChI=1S/C19H15FN4O/c1-24(2)13-4-5-14-17(8-13)25-19(23)15(10-22)18(14)11-3-6-16(20)12(7-11)9-21/h3-8,18H,23H2,1-2H3. The van der Waals surface area contributed by atoms with Gasteiger partial charge in [-0.15, -0.1) is 0 Å². The zero-order valence-electron chi connectivity index (χ0n) is 13.7. The molecule has 0 saturated heterocycles. The third kappa shape index (κ3) is 2.75. The lowest BCUT2D eigenvalue weighted by Gasteiger charge is -2.27. The second-order valence-corrected chi connectivity index (χ2v) is 5.89. The van der Waals surface area contributed by atoms with Crippen LogP contribution in [0.1, 0.15) is 22.6 Å². The highest BCUT2D eigenvalue weighted by Gasteiger charge is 2.31. The van der Waals surface area contributed by atoms with Crippen molar-refractivity contribution >= 4 is 5.69 Å². The summed E-state index contributed by atoms with van der Waals surface area (Å²) in [7, 11) is 3.81. The quantitative estimate of drug-likeness (QED) is 0.912. The van der Waals surface area contributed by atoms with Gasteiger partial charge in [-0.1, -0.05) is 12.1 Å². The number of nitrogens with zero attached hydrogens (tertiary/aromatic N) is 3. The predicted molar refractivity (Wildman–Crippen MR) is 91.2 cm³/mol. The maximum atomic E-state index is 13.7. The third-order valence-electron chi connectivity index (χ3n) is 4.16. The monoisotopic (exact) mass is 334 g/mol. The number of rotatable bonds is 2. The van der Waals surface area contributed by atoms with Gasteiger partial charge >= 0.3 is 0 Å². The summed E-state index contributed by atoms with van der Waals surface area (Å²) >= 11 is 0. The molecule has 1 atom stereocenters. The van der Waals surface area contributed by atoms with Crippen molar-refractivity contribution in [1.29, 1.82) is 10.5 Å². The molecule has 1 heterocycles. The SMILES string of the molecule is CN(C)c1ccc2c(c1)OC(N)=C(C#N)C2c1ccc(F)c(C#N)c1. The fraction of sp³-hybridized carbons (Fsp3) is 0.158. The third-order valence-corrected chi connectivity index (χ3v) is 4.16. The lowest BCUT2D eigenvalue weighted by atomic mass is 9.83. The number of benzene rings is 2. The van der Waals surface area contributed by atoms with Crippen LogP contribution in [0.4, 0.5) is 10.1 Å². The van der Waals surface area contributed by atoms with E-state index in [4.69, 9.17) is 15.7 Å². The lowest BCUT2D eigenvalue weighted by molar-refractivity contribution is 0.394. The Kier molecular flexibility index (Phi) is 4.04. The van der Waals surface area contributed by atoms with Crippen molar-refractivity contribution < 1.29 is 9.13 Å². The number of halogens is 1. The van der Waals surface area contributed by atoms with E-state index in [9.17, 15) is 9.65 Å². The number of fused-ring (bicyclic) bond motifs is 1. The highest BCUT2D eigenvalue weighted by atomic mass is 19.1. The van der Waals surface area contributed by atoms with Gasteiger partial charge in [-0.3, -0.25) is 0 Å². The highest BCUT2D eigenvalue weighted by molar-refractivity contribution is 5.61. The minimum Gasteiger partial charge on any atom is -0.440 e. The molecule has 25 heavy (non-hydrogen) atoms. The molecule has 1 aliphatic heterocycles. The molecule has 124 valence electrons. The van der Waals surface area contributed by atoms with E-state index < -0.39 is 11.7 Å². The largest absolute Gasteiger partial charge is 0.440 e. The topological polar surface area (TPSA) is 86.1 Å². The van der Waals surface area contributed by atoms with E-state index in [0.717, 1.165) is 11.3 Å². The lowest BCUT2D eigenvalue weighted by Crippen LogP contribution is -2.21. The van der Waals surface area contributed by atoms with Gasteiger partial charge in [0.25, 0.3) is 0 Å². The van der Waals surface area contributed by atoms with Crippen molar-refractivity contribution in [2.75, 3.05) is 19.0 Å². The summed E-state index contributed by atoms with van der Waals surface area (Å²) in [6, 6.07) is 13.7. The van der Waals surface area contributed by atoms with E-state index in [1.807, 2.05) is 43.3 Å². The predicted octanol–water partition coefficient (Wildman–Crippen LogP) is 2.98. The number of hydrogen-bond acceptors (Lipinski definition) is 5. The van der Waals surface area contributed by atoms with Gasteiger partial charge in [0.2, 0.25) is 5.88 Å². The van der Waals surface area contributed by atoms with Gasteiger partial charge < -0.3 is 15.4 Å². The Hall–Kier alpha value is -3.51. The molecule has 2 aromatic carbocycles. The molecule has 0 fully saturated rings. The second-order valence-electron chi connectivity index (χ2n) is 5.89. The van der Waals surface area contributed by atoms with Crippen molar-refractivity contribution in [3.8, 4) is 17.9 Å². The molecular weight excluding hydrogens is 319 g/mol. The average Bonchev–Trinajstić information content (AvgIpc) is 2.60. The van der Waals surface area contributed by atoms with Gasteiger partial charge in [-0.25, -0.2) is 4.39 Å². The first-order valence-corrected chi connectivity index (χ1v) is 7.54. The Morgan fingerprint density at radius 2 is 1.88 bits per heavy atom. The first kappa shape index (κ1) is 16.4. The van der Waals surface area contributed by atoms with Crippen LogP contribution in [0, 0.1) is 28.5 Å². The average molecular weight is 334 g/mol. The van der Waals surface area contributed by atoms with Gasteiger partial charge in [0, 0.05) is 31.4 Å². The molecule has 1 aliphatic rings. The summed E-state index contributed by atoms with van der Waals surface area (Å²) in [5.74, 6) is -0.566. The van der Waals surface area contributed by atoms with E-state index in [1.165, 1.54) is 12.1 Å². The number of ether oxygens (including phenoxy) is 1. The minimum absolute atomic E-state index is 0.0127. The zero-order chi connectivity index (χ0) is 18.1. The highest BCUT2D eigenvalue weighted by Crippen LogP contribution is 2.43. The van der Waals surface area contributed by atoms with Crippen LogP contribution in [-0.2, 0) is 0 Å². The van der Waals surface area contributed by atoms with Gasteiger partial charge in [0.1, 0.15) is 29.3 Å². The summed E-state index contributed by atoms with van der Waals surface area (Å²) in [6.45, 7) is 0. The van der Waals surface area contributed by atoms with Crippen LogP contribution in [0.2, 0.25) is 0 Å². The number of nitriles is 2. The number of allylic oxidation sites excluding steroid dienone is 1. The second kappa shape index (κ2) is 6.18. The molecule has 0 radical (unpaired) electrons. The zero-order valence-corrected chi connectivity index (χ0v) is 13.7. The van der Waals surface area contributed by atoms with E-state index in [0.29, 0.717) is 11.3 Å². The molecule has 0 aliphatic carbocycles. The fourth-order valence-corrected chi connectivity index (χ4v) is 2.87. The van der Waals surface area contributed by atoms with Crippen molar-refractivity contribution in [2.24, 2.45) is 5.73 Å². The molecule has 6 heteroatoms. The Labute approximate surface area is 145 Å². The maximum Gasteiger partial charge on any atom is 0.205 e. The molecule has 0 spiro atoms. The van der Waals surface area contributed by atoms with Crippen molar-refractivity contribution in [1.82, 2.24) is 0 Å². The molecule has 3 rings (SSSR count). The number of hydrogen-bond donors (Lipinski definition) is 1. The summed E-state index contributed by atoms with van der Waals surface area (Å²) in [6.07, 6.45) is 0. The minimum atomic E-state index is -0.600. The molecule has 5 nitrogen and oxygen atoms in total. The Morgan fingerprint density at radius 1 is 1.12 bits per heavy atom. The summed E-state index contributed by atoms with van der Waals surface area (Å²) in [4.78, 5) is 1.92. The Balaban J connectivity index is 2.21. The molecule has 2 N–H and O–H groups in total. The van der Waals surface area contributed by atoms with Gasteiger partial charge in [-0.05, 0) is 23.8 Å². The molecule has 0 bridgehead atoms. The van der Waals surface area contributed by atoms with E-state index in [-0.39, 0.29) is 17.0 Å². The smallest absolute Gasteiger partial charge is 0.205 e. The van der Waals surface area contributed by atoms with E-state index in [1.54, 1.807) is 6.07 Å². The van der Waals surface area contributed by atoms with Crippen LogP contribution in [0.25, 0.3) is 0 Å². The summed E-state index contributed by atoms with van der Waals surface area (Å²) in [5.41, 5.74) is 8.37. The maximum absolute atomic E-state index is 13.7. The van der Waals surface area contributed by atoms with Gasteiger partial charge in [0.05, 0.1) is 11.5 Å². The van der Waals surface area contributed by atoms with Gasteiger partial charge in [0.15, 0.2) is 0 Å². The number of anilines is 1.